The summed E-state index contributed by atoms with van der Waals surface area (Å²) in [6, 6.07) is 21.7. The summed E-state index contributed by atoms with van der Waals surface area (Å²) in [5.74, 6) is -0.853. The summed E-state index contributed by atoms with van der Waals surface area (Å²) in [6.45, 7) is 2.45. The molecule has 1 amide bonds. The second kappa shape index (κ2) is 9.26. The number of fused-ring (bicyclic) bond motifs is 1. The van der Waals surface area contributed by atoms with Gasteiger partial charge in [-0.3, -0.25) is 15.1 Å². The molecule has 0 aliphatic rings. The van der Waals surface area contributed by atoms with E-state index in [0.717, 1.165) is 27.7 Å². The maximum atomic E-state index is 14.0. The van der Waals surface area contributed by atoms with E-state index in [2.05, 4.69) is 26.7 Å². The van der Waals surface area contributed by atoms with Gasteiger partial charge in [-0.05, 0) is 49.2 Å². The monoisotopic (exact) mass is 414 g/mol. The van der Waals surface area contributed by atoms with Gasteiger partial charge < -0.3 is 10.3 Å². The molecule has 1 aromatic heterocycles. The molecule has 3 aromatic carbocycles. The van der Waals surface area contributed by atoms with Crippen molar-refractivity contribution in [2.24, 2.45) is 4.99 Å². The van der Waals surface area contributed by atoms with E-state index in [0.29, 0.717) is 13.0 Å². The van der Waals surface area contributed by atoms with Crippen molar-refractivity contribution >= 4 is 28.5 Å². The van der Waals surface area contributed by atoms with Gasteiger partial charge in [0.2, 0.25) is 5.96 Å². The fourth-order valence-corrected chi connectivity index (χ4v) is 3.33. The minimum absolute atomic E-state index is 0.0301. The Morgan fingerprint density at radius 1 is 1.00 bits per heavy atom. The largest absolute Gasteiger partial charge is 0.361 e. The first-order chi connectivity index (χ1) is 15.1. The second-order valence-electron chi connectivity index (χ2n) is 7.26. The van der Waals surface area contributed by atoms with E-state index in [4.69, 9.17) is 0 Å². The van der Waals surface area contributed by atoms with Crippen LogP contribution >= 0.6 is 0 Å². The maximum Gasteiger partial charge on any atom is 0.260 e. The van der Waals surface area contributed by atoms with E-state index in [1.807, 2.05) is 55.6 Å². The predicted octanol–water partition coefficient (Wildman–Crippen LogP) is 5.06. The SMILES string of the molecule is Cc1ccc(NC(=NCCc2c[nH]c3ccccc23)NC(=O)c2ccccc2F)cc1. The number of aryl methyl sites for hydroxylation is 1. The minimum Gasteiger partial charge on any atom is -0.361 e. The predicted molar refractivity (Wildman–Crippen MR) is 123 cm³/mol. The Kier molecular flexibility index (Phi) is 6.08. The first-order valence-corrected chi connectivity index (χ1v) is 10.1. The summed E-state index contributed by atoms with van der Waals surface area (Å²) >= 11 is 0. The van der Waals surface area contributed by atoms with Crippen LogP contribution in [0.15, 0.2) is 84.0 Å². The van der Waals surface area contributed by atoms with Crippen LogP contribution in [0.3, 0.4) is 0 Å². The topological polar surface area (TPSA) is 69.3 Å². The fourth-order valence-electron chi connectivity index (χ4n) is 3.33. The molecule has 4 aromatic rings. The normalized spacial score (nSPS) is 11.5. The third kappa shape index (κ3) is 4.98. The molecule has 4 rings (SSSR count). The van der Waals surface area contributed by atoms with Gasteiger partial charge in [0, 0.05) is 29.3 Å². The second-order valence-corrected chi connectivity index (χ2v) is 7.26. The summed E-state index contributed by atoms with van der Waals surface area (Å²) < 4.78 is 14.0. The van der Waals surface area contributed by atoms with E-state index < -0.39 is 11.7 Å². The number of nitrogens with zero attached hydrogens (tertiary/aromatic N) is 1. The van der Waals surface area contributed by atoms with Crippen LogP contribution < -0.4 is 10.6 Å². The van der Waals surface area contributed by atoms with E-state index in [-0.39, 0.29) is 11.5 Å². The lowest BCUT2D eigenvalue weighted by atomic mass is 10.1. The molecule has 156 valence electrons. The highest BCUT2D eigenvalue weighted by Crippen LogP contribution is 2.18. The molecule has 0 bridgehead atoms. The molecular weight excluding hydrogens is 391 g/mol. The zero-order valence-corrected chi connectivity index (χ0v) is 17.2. The van der Waals surface area contributed by atoms with Crippen molar-refractivity contribution in [2.45, 2.75) is 13.3 Å². The van der Waals surface area contributed by atoms with Crippen molar-refractivity contribution in [3.8, 4) is 0 Å². The molecule has 0 radical (unpaired) electrons. The number of carbonyl (C=O) groups excluding carboxylic acids is 1. The molecule has 0 saturated heterocycles. The first kappa shape index (κ1) is 20.3. The van der Waals surface area contributed by atoms with Crippen LogP contribution in [0, 0.1) is 12.7 Å². The number of aromatic nitrogens is 1. The number of halogens is 1. The van der Waals surface area contributed by atoms with Crippen LogP contribution in [0.2, 0.25) is 0 Å². The molecule has 0 spiro atoms. The highest BCUT2D eigenvalue weighted by atomic mass is 19.1. The van der Waals surface area contributed by atoms with Gasteiger partial charge in [-0.2, -0.15) is 0 Å². The van der Waals surface area contributed by atoms with Gasteiger partial charge in [-0.1, -0.05) is 48.0 Å². The lowest BCUT2D eigenvalue weighted by Gasteiger charge is -2.12. The summed E-state index contributed by atoms with van der Waals surface area (Å²) in [7, 11) is 0. The van der Waals surface area contributed by atoms with Gasteiger partial charge in [-0.25, -0.2) is 4.39 Å². The average molecular weight is 414 g/mol. The van der Waals surface area contributed by atoms with E-state index in [1.54, 1.807) is 12.1 Å². The number of aliphatic imine (C=N–C) groups is 1. The molecule has 0 saturated carbocycles. The van der Waals surface area contributed by atoms with Crippen LogP contribution in [0.5, 0.6) is 0 Å². The van der Waals surface area contributed by atoms with E-state index in [1.165, 1.54) is 12.1 Å². The maximum absolute atomic E-state index is 14.0. The number of rotatable bonds is 5. The van der Waals surface area contributed by atoms with Gasteiger partial charge in [0.05, 0.1) is 5.56 Å². The molecule has 0 aliphatic heterocycles. The summed E-state index contributed by atoms with van der Waals surface area (Å²) in [5, 5.41) is 6.99. The number of anilines is 1. The highest BCUT2D eigenvalue weighted by molar-refractivity contribution is 6.10. The Morgan fingerprint density at radius 3 is 2.55 bits per heavy atom. The summed E-state index contributed by atoms with van der Waals surface area (Å²) in [5.41, 5.74) is 4.10. The van der Waals surface area contributed by atoms with Crippen LogP contribution in [-0.4, -0.2) is 23.4 Å². The number of hydrogen-bond donors (Lipinski definition) is 3. The molecule has 1 heterocycles. The third-order valence-electron chi connectivity index (χ3n) is 4.99. The van der Waals surface area contributed by atoms with Crippen molar-refractivity contribution in [1.29, 1.82) is 0 Å². The molecular formula is C25H23FN4O. The third-order valence-corrected chi connectivity index (χ3v) is 4.99. The number of nitrogens with one attached hydrogen (secondary N) is 3. The van der Waals surface area contributed by atoms with Gasteiger partial charge in [0.15, 0.2) is 0 Å². The summed E-state index contributed by atoms with van der Waals surface area (Å²) in [4.78, 5) is 20.4. The van der Waals surface area contributed by atoms with Gasteiger partial charge >= 0.3 is 0 Å². The Bertz CT molecular complexity index is 1230. The number of benzene rings is 3. The van der Waals surface area contributed by atoms with Crippen LogP contribution in [0.1, 0.15) is 21.5 Å². The molecule has 3 N–H and O–H groups in total. The lowest BCUT2D eigenvalue weighted by Crippen LogP contribution is -2.36. The number of H-pyrrole nitrogens is 1. The Balaban J connectivity index is 1.52. The Labute approximate surface area is 180 Å². The van der Waals surface area contributed by atoms with Crippen LogP contribution in [0.4, 0.5) is 10.1 Å². The minimum atomic E-state index is -0.575. The lowest BCUT2D eigenvalue weighted by molar-refractivity contribution is 0.0973. The Morgan fingerprint density at radius 2 is 1.74 bits per heavy atom. The number of guanidine groups is 1. The average Bonchev–Trinajstić information content (AvgIpc) is 3.19. The van der Waals surface area contributed by atoms with Crippen LogP contribution in [0.25, 0.3) is 10.9 Å². The number of amides is 1. The molecule has 0 atom stereocenters. The van der Waals surface area contributed by atoms with Crippen molar-refractivity contribution in [1.82, 2.24) is 10.3 Å². The zero-order valence-electron chi connectivity index (χ0n) is 17.2. The summed E-state index contributed by atoms with van der Waals surface area (Å²) in [6.07, 6.45) is 2.67. The van der Waals surface area contributed by atoms with Crippen molar-refractivity contribution < 1.29 is 9.18 Å². The molecule has 0 unspecified atom stereocenters. The first-order valence-electron chi connectivity index (χ1n) is 10.1. The number of carbonyl (C=O) groups is 1. The van der Waals surface area contributed by atoms with Crippen molar-refractivity contribution in [3.05, 3.63) is 102 Å². The van der Waals surface area contributed by atoms with Crippen molar-refractivity contribution in [3.63, 3.8) is 0 Å². The van der Waals surface area contributed by atoms with Gasteiger partial charge in [0.1, 0.15) is 5.82 Å². The van der Waals surface area contributed by atoms with Gasteiger partial charge in [0.25, 0.3) is 5.91 Å². The van der Waals surface area contributed by atoms with Crippen molar-refractivity contribution in [2.75, 3.05) is 11.9 Å². The molecule has 6 heteroatoms. The molecule has 5 nitrogen and oxygen atoms in total. The number of aromatic amines is 1. The standard InChI is InChI=1S/C25H23FN4O/c1-17-10-12-19(13-11-17)29-25(30-24(31)21-7-2-4-8-22(21)26)27-15-14-18-16-28-23-9-5-3-6-20(18)23/h2-13,16,28H,14-15H2,1H3,(H2,27,29,30,31). The Hall–Kier alpha value is -3.93. The number of hydrogen-bond acceptors (Lipinski definition) is 2. The molecule has 0 aliphatic carbocycles. The molecule has 31 heavy (non-hydrogen) atoms. The highest BCUT2D eigenvalue weighted by Gasteiger charge is 2.13. The fraction of sp³-hybridized carbons (Fsp3) is 0.120. The van der Waals surface area contributed by atoms with E-state index in [9.17, 15) is 9.18 Å². The van der Waals surface area contributed by atoms with Crippen LogP contribution in [-0.2, 0) is 6.42 Å². The zero-order chi connectivity index (χ0) is 21.6. The van der Waals surface area contributed by atoms with E-state index >= 15 is 0 Å². The quantitative estimate of drug-likeness (QED) is 0.316. The number of para-hydroxylation sites is 1. The van der Waals surface area contributed by atoms with Gasteiger partial charge in [-0.15, -0.1) is 0 Å². The smallest absolute Gasteiger partial charge is 0.260 e. The molecule has 0 fully saturated rings.